The monoisotopic (exact) mass is 1530 g/mol. The minimum atomic E-state index is 1.30. The number of hydrogen-bond acceptors (Lipinski definition) is 0. The molecular formula is C108H176N4. The molecule has 0 fully saturated rings. The summed E-state index contributed by atoms with van der Waals surface area (Å²) in [5, 5.41) is 10.7. The molecule has 4 heterocycles. The van der Waals surface area contributed by atoms with Crippen LogP contribution in [0.15, 0.2) is 303 Å². The van der Waals surface area contributed by atoms with Gasteiger partial charge in [0.2, 0.25) is 0 Å². The zero-order valence-corrected chi connectivity index (χ0v) is 80.7. The summed E-state index contributed by atoms with van der Waals surface area (Å²) in [7, 11) is 8.46. The third-order valence-electron chi connectivity index (χ3n) is 13.3. The minimum Gasteiger partial charge on any atom is -0.344 e. The summed E-state index contributed by atoms with van der Waals surface area (Å²) >= 11 is 0. The third kappa shape index (κ3) is 47.7. The quantitative estimate of drug-likeness (QED) is 0.144. The van der Waals surface area contributed by atoms with Gasteiger partial charge in [-0.1, -0.05) is 518 Å². The molecule has 15 aromatic rings. The number of benzene rings is 11. The summed E-state index contributed by atoms with van der Waals surface area (Å²) in [4.78, 5) is 0. The molecule has 4 heteroatoms. The molecule has 0 radical (unpaired) electrons. The maximum absolute atomic E-state index is 2.24. The number of aromatic nitrogens is 4. The number of aryl methyl sites for hydroxylation is 4. The summed E-state index contributed by atoms with van der Waals surface area (Å²) < 4.78 is 8.96. The average Bonchev–Trinajstić information content (AvgIpc) is 1.66. The van der Waals surface area contributed by atoms with Crippen LogP contribution in [-0.2, 0) is 28.2 Å². The van der Waals surface area contributed by atoms with Crippen LogP contribution in [0.4, 0.5) is 0 Å². The molecule has 112 heavy (non-hydrogen) atoms. The number of hydrogen-bond donors (Lipinski definition) is 0. The predicted octanol–water partition coefficient (Wildman–Crippen LogP) is 37.9. The Morgan fingerprint density at radius 2 is 0.161 bits per heavy atom. The fraction of sp³-hybridized carbons (Fsp3) is 0.389. The molecule has 628 valence electrons. The van der Waals surface area contributed by atoms with Gasteiger partial charge < -0.3 is 18.3 Å². The van der Waals surface area contributed by atoms with Gasteiger partial charge in [0.05, 0.1) is 0 Å². The first-order chi connectivity index (χ1) is 55.5. The SMILES string of the molecule is CC.CC.CC.CC.CC.CC.CC.CC.CC.CC.CC.CC.CC.CC.CC.CC.CC.CC.CC.Cn1c2ccccc2c2ccccc21.Cn1c2ccccc2c2ccccc21.Cn1c2ccccc2c2ccccc21.Cn1c2ccccc2c2ccccc21.c1ccccc1.c1ccccc1.c1ccccc1. The highest BCUT2D eigenvalue weighted by Gasteiger charge is 2.08. The van der Waals surface area contributed by atoms with Crippen LogP contribution < -0.4 is 0 Å². The Kier molecular flexibility index (Phi) is 115. The standard InChI is InChI=1S/4C13H11N.3C6H6.19C2H6/c4*1-14-12-8-4-2-6-10(12)11-7-3-5-9-13(11)14;3*1-2-4-6-5-3-1;19*1-2/h4*2-9H,1H3;3*1-6H;19*1-2H3. The van der Waals surface area contributed by atoms with Gasteiger partial charge in [0.15, 0.2) is 0 Å². The molecule has 0 spiro atoms. The fourth-order valence-electron chi connectivity index (χ4n) is 9.62. The second-order valence-corrected chi connectivity index (χ2v) is 17.8. The van der Waals surface area contributed by atoms with Crippen molar-refractivity contribution in [3.8, 4) is 0 Å². The lowest BCUT2D eigenvalue weighted by Gasteiger charge is -1.95. The van der Waals surface area contributed by atoms with Crippen LogP contribution in [0.2, 0.25) is 0 Å². The van der Waals surface area contributed by atoms with Gasteiger partial charge in [0.1, 0.15) is 0 Å². The Morgan fingerprint density at radius 1 is 0.0982 bits per heavy atom. The van der Waals surface area contributed by atoms with Gasteiger partial charge in [-0.25, -0.2) is 0 Å². The summed E-state index contributed by atoms with van der Waals surface area (Å²) in [5.74, 6) is 0. The van der Waals surface area contributed by atoms with Crippen LogP contribution in [0.1, 0.15) is 263 Å². The second kappa shape index (κ2) is 102. The maximum atomic E-state index is 2.24. The van der Waals surface area contributed by atoms with Crippen molar-refractivity contribution in [2.24, 2.45) is 28.2 Å². The van der Waals surface area contributed by atoms with E-state index in [-0.39, 0.29) is 0 Å². The Bertz CT molecular complexity index is 3310. The van der Waals surface area contributed by atoms with Crippen molar-refractivity contribution in [3.63, 3.8) is 0 Å². The van der Waals surface area contributed by atoms with Gasteiger partial charge in [-0.3, -0.25) is 0 Å². The van der Waals surface area contributed by atoms with Crippen LogP contribution in [0, 0.1) is 0 Å². The van der Waals surface area contributed by atoms with E-state index < -0.39 is 0 Å². The highest BCUT2D eigenvalue weighted by Crippen LogP contribution is 2.30. The number of nitrogens with zero attached hydrogens (tertiary/aromatic N) is 4. The lowest BCUT2D eigenvalue weighted by molar-refractivity contribution is 1.01. The molecule has 0 unspecified atom stereocenters. The molecular weight excluding hydrogens is 1350 g/mol. The highest BCUT2D eigenvalue weighted by molar-refractivity contribution is 6.10. The topological polar surface area (TPSA) is 19.7 Å². The van der Waals surface area contributed by atoms with Gasteiger partial charge in [0, 0.05) is 115 Å². The third-order valence-corrected chi connectivity index (χ3v) is 13.3. The minimum absolute atomic E-state index is 1.30. The van der Waals surface area contributed by atoms with Crippen LogP contribution in [-0.4, -0.2) is 18.3 Å². The molecule has 0 aliphatic heterocycles. The first kappa shape index (κ1) is 126. The van der Waals surface area contributed by atoms with E-state index in [1.807, 2.05) is 372 Å². The predicted molar refractivity (Wildman–Crippen MR) is 537 cm³/mol. The van der Waals surface area contributed by atoms with E-state index in [1.54, 1.807) is 0 Å². The first-order valence-electron chi connectivity index (χ1n) is 44.2. The molecule has 4 aromatic heterocycles. The number of rotatable bonds is 0. The smallest absolute Gasteiger partial charge is 0.0488 e. The van der Waals surface area contributed by atoms with E-state index in [2.05, 4.69) is 241 Å². The first-order valence-corrected chi connectivity index (χ1v) is 44.2. The van der Waals surface area contributed by atoms with Crippen molar-refractivity contribution in [2.75, 3.05) is 0 Å². The lowest BCUT2D eigenvalue weighted by atomic mass is 10.2. The molecule has 15 rings (SSSR count). The lowest BCUT2D eigenvalue weighted by Crippen LogP contribution is -1.84. The van der Waals surface area contributed by atoms with E-state index in [0.29, 0.717) is 0 Å². The molecule has 0 aliphatic rings. The van der Waals surface area contributed by atoms with Gasteiger partial charge >= 0.3 is 0 Å². The molecule has 0 saturated carbocycles. The zero-order valence-electron chi connectivity index (χ0n) is 80.7. The van der Waals surface area contributed by atoms with E-state index in [1.165, 1.54) is 87.2 Å². The summed E-state index contributed by atoms with van der Waals surface area (Å²) in [6, 6.07) is 104. The Morgan fingerprint density at radius 3 is 0.232 bits per heavy atom. The highest BCUT2D eigenvalue weighted by atomic mass is 14.9. The Labute approximate surface area is 695 Å². The van der Waals surface area contributed by atoms with Crippen molar-refractivity contribution in [1.29, 1.82) is 0 Å². The van der Waals surface area contributed by atoms with Crippen molar-refractivity contribution in [1.82, 2.24) is 18.3 Å². The molecule has 11 aromatic carbocycles. The molecule has 0 amide bonds. The zero-order chi connectivity index (χ0) is 88.9. The second-order valence-electron chi connectivity index (χ2n) is 17.8. The van der Waals surface area contributed by atoms with Crippen LogP contribution in [0.5, 0.6) is 0 Å². The fourth-order valence-corrected chi connectivity index (χ4v) is 9.62. The molecule has 0 aliphatic carbocycles. The largest absolute Gasteiger partial charge is 0.344 e. The Hall–Kier alpha value is -9.38. The average molecular weight is 1530 g/mol. The molecule has 0 saturated heterocycles. The molecule has 0 bridgehead atoms. The van der Waals surface area contributed by atoms with Crippen molar-refractivity contribution in [2.45, 2.75) is 263 Å². The number of para-hydroxylation sites is 8. The molecule has 0 atom stereocenters. The summed E-state index contributed by atoms with van der Waals surface area (Å²) in [6.07, 6.45) is 0. The normalized spacial score (nSPS) is 7.91. The van der Waals surface area contributed by atoms with Crippen molar-refractivity contribution >= 4 is 87.2 Å². The summed E-state index contributed by atoms with van der Waals surface area (Å²) in [5.41, 5.74) is 10.4. The van der Waals surface area contributed by atoms with Crippen LogP contribution in [0.25, 0.3) is 87.2 Å². The molecule has 0 N–H and O–H groups in total. The van der Waals surface area contributed by atoms with E-state index >= 15 is 0 Å². The van der Waals surface area contributed by atoms with E-state index in [9.17, 15) is 0 Å². The maximum Gasteiger partial charge on any atom is 0.0488 e. The van der Waals surface area contributed by atoms with Gasteiger partial charge in [0.25, 0.3) is 0 Å². The number of fused-ring (bicyclic) bond motifs is 12. The van der Waals surface area contributed by atoms with Gasteiger partial charge in [-0.05, 0) is 48.5 Å². The van der Waals surface area contributed by atoms with Crippen LogP contribution in [0.3, 0.4) is 0 Å². The Balaban J connectivity index is -0.000000112. The summed E-state index contributed by atoms with van der Waals surface area (Å²) in [6.45, 7) is 76.0. The van der Waals surface area contributed by atoms with E-state index in [0.717, 1.165) is 0 Å². The van der Waals surface area contributed by atoms with Gasteiger partial charge in [-0.2, -0.15) is 0 Å². The van der Waals surface area contributed by atoms with Crippen molar-refractivity contribution in [3.05, 3.63) is 303 Å². The molecule has 4 nitrogen and oxygen atoms in total. The van der Waals surface area contributed by atoms with Crippen molar-refractivity contribution < 1.29 is 0 Å². The van der Waals surface area contributed by atoms with E-state index in [4.69, 9.17) is 0 Å². The van der Waals surface area contributed by atoms with Gasteiger partial charge in [-0.15, -0.1) is 0 Å². The van der Waals surface area contributed by atoms with Crippen LogP contribution >= 0.6 is 0 Å².